The summed E-state index contributed by atoms with van der Waals surface area (Å²) in [5.74, 6) is 1.10. The van der Waals surface area contributed by atoms with E-state index in [1.807, 2.05) is 62.4 Å². The van der Waals surface area contributed by atoms with Gasteiger partial charge in [-0.25, -0.2) is 4.99 Å². The zero-order chi connectivity index (χ0) is 19.2. The molecule has 0 radical (unpaired) electrons. The first-order chi connectivity index (χ1) is 13.0. The van der Waals surface area contributed by atoms with E-state index in [1.165, 1.54) is 0 Å². The third kappa shape index (κ3) is 5.84. The molecule has 5 nitrogen and oxygen atoms in total. The van der Waals surface area contributed by atoms with Crippen LogP contribution in [0.25, 0.3) is 0 Å². The number of amides is 1. The van der Waals surface area contributed by atoms with Gasteiger partial charge in [-0.1, -0.05) is 49.3 Å². The van der Waals surface area contributed by atoms with E-state index in [9.17, 15) is 4.79 Å². The summed E-state index contributed by atoms with van der Waals surface area (Å²) in [7, 11) is 0. The fourth-order valence-corrected chi connectivity index (χ4v) is 3.39. The number of rotatable bonds is 5. The van der Waals surface area contributed by atoms with E-state index in [2.05, 4.69) is 20.8 Å². The molecule has 0 spiro atoms. The van der Waals surface area contributed by atoms with Crippen LogP contribution < -0.4 is 10.7 Å². The Morgan fingerprint density at radius 1 is 1.22 bits per heavy atom. The minimum Gasteiger partial charge on any atom is -0.326 e. The van der Waals surface area contributed by atoms with E-state index in [0.717, 1.165) is 33.6 Å². The van der Waals surface area contributed by atoms with Gasteiger partial charge in [-0.15, -0.1) is 0 Å². The molecule has 0 fully saturated rings. The summed E-state index contributed by atoms with van der Waals surface area (Å²) in [5, 5.41) is 8.78. The van der Waals surface area contributed by atoms with Crippen LogP contribution in [0.4, 0.5) is 11.4 Å². The highest BCUT2D eigenvalue weighted by molar-refractivity contribution is 8.14. The Bertz CT molecular complexity index is 861. The van der Waals surface area contributed by atoms with Gasteiger partial charge in [-0.2, -0.15) is 5.10 Å². The molecule has 1 aliphatic heterocycles. The molecular weight excluding hydrogens is 380 g/mol. The largest absolute Gasteiger partial charge is 0.326 e. The van der Waals surface area contributed by atoms with E-state index in [0.29, 0.717) is 17.4 Å². The van der Waals surface area contributed by atoms with Crippen molar-refractivity contribution in [3.05, 3.63) is 59.1 Å². The second kappa shape index (κ2) is 9.06. The quantitative estimate of drug-likeness (QED) is 0.737. The Kier molecular flexibility index (Phi) is 6.53. The van der Waals surface area contributed by atoms with Crippen LogP contribution >= 0.6 is 23.4 Å². The Balaban J connectivity index is 1.62. The lowest BCUT2D eigenvalue weighted by Crippen LogP contribution is -2.25. The predicted octanol–water partition coefficient (Wildman–Crippen LogP) is 5.05. The van der Waals surface area contributed by atoms with Gasteiger partial charge in [0.05, 0.1) is 11.4 Å². The van der Waals surface area contributed by atoms with Gasteiger partial charge in [-0.05, 0) is 47.9 Å². The molecule has 1 aliphatic rings. The van der Waals surface area contributed by atoms with E-state index in [-0.39, 0.29) is 5.91 Å². The molecule has 27 heavy (non-hydrogen) atoms. The van der Waals surface area contributed by atoms with Gasteiger partial charge >= 0.3 is 0 Å². The standard InChI is InChI=1S/C20H21ClN4OS/c1-13(2)11-19(26)22-16-7-3-14(4-8-16)18-12-27-20(25-24-18)23-17-9-5-15(21)6-10-17/h3-10,13H,11-12H2,1-2H3,(H,22,26)(H,23,25). The van der Waals surface area contributed by atoms with Crippen molar-refractivity contribution in [2.75, 3.05) is 11.1 Å². The molecule has 2 aromatic rings. The van der Waals surface area contributed by atoms with Gasteiger partial charge in [0.15, 0.2) is 5.17 Å². The minimum atomic E-state index is 0.0352. The first-order valence-corrected chi connectivity index (χ1v) is 10.1. The number of nitrogens with zero attached hydrogens (tertiary/aromatic N) is 2. The SMILES string of the molecule is CC(C)CC(=O)Nc1ccc(C2=NNC(=Nc3ccc(Cl)cc3)SC2)cc1. The molecule has 0 aliphatic carbocycles. The summed E-state index contributed by atoms with van der Waals surface area (Å²) in [6.07, 6.45) is 0.519. The normalized spacial score (nSPS) is 15.4. The van der Waals surface area contributed by atoms with Gasteiger partial charge in [0.2, 0.25) is 5.91 Å². The van der Waals surface area contributed by atoms with E-state index in [1.54, 1.807) is 11.8 Å². The molecule has 2 aromatic carbocycles. The topological polar surface area (TPSA) is 65.8 Å². The first-order valence-electron chi connectivity index (χ1n) is 8.69. The Morgan fingerprint density at radius 2 is 1.93 bits per heavy atom. The zero-order valence-electron chi connectivity index (χ0n) is 15.2. The number of halogens is 1. The highest BCUT2D eigenvalue weighted by Gasteiger charge is 2.13. The van der Waals surface area contributed by atoms with Crippen LogP contribution in [0.3, 0.4) is 0 Å². The Hall–Kier alpha value is -2.31. The number of anilines is 1. The number of thioether (sulfide) groups is 1. The number of hydrazone groups is 1. The van der Waals surface area contributed by atoms with Gasteiger partial charge in [0.1, 0.15) is 0 Å². The van der Waals surface area contributed by atoms with Crippen molar-refractivity contribution in [1.29, 1.82) is 0 Å². The number of amidine groups is 1. The summed E-state index contributed by atoms with van der Waals surface area (Å²) in [6, 6.07) is 15.1. The van der Waals surface area contributed by atoms with Crippen molar-refractivity contribution in [2.45, 2.75) is 20.3 Å². The number of hydrogen-bond donors (Lipinski definition) is 2. The average molecular weight is 401 g/mol. The average Bonchev–Trinajstić information content (AvgIpc) is 2.64. The van der Waals surface area contributed by atoms with Gasteiger partial charge in [0, 0.05) is 22.9 Å². The molecule has 0 aromatic heterocycles. The van der Waals surface area contributed by atoms with Crippen LogP contribution in [0.15, 0.2) is 58.6 Å². The summed E-state index contributed by atoms with van der Waals surface area (Å²) in [6.45, 7) is 4.05. The number of carbonyl (C=O) groups is 1. The Morgan fingerprint density at radius 3 is 2.52 bits per heavy atom. The predicted molar refractivity (Wildman–Crippen MR) is 115 cm³/mol. The fraction of sp³-hybridized carbons (Fsp3) is 0.250. The maximum atomic E-state index is 11.8. The molecule has 1 amide bonds. The summed E-state index contributed by atoms with van der Waals surface area (Å²) in [4.78, 5) is 16.4. The maximum absolute atomic E-state index is 11.8. The lowest BCUT2D eigenvalue weighted by Gasteiger charge is -2.15. The third-order valence-corrected chi connectivity index (χ3v) is 4.91. The van der Waals surface area contributed by atoms with Crippen LogP contribution in [0, 0.1) is 5.92 Å². The maximum Gasteiger partial charge on any atom is 0.224 e. The minimum absolute atomic E-state index is 0.0352. The lowest BCUT2D eigenvalue weighted by atomic mass is 10.1. The smallest absolute Gasteiger partial charge is 0.224 e. The van der Waals surface area contributed by atoms with Crippen LogP contribution in [-0.2, 0) is 4.79 Å². The number of benzene rings is 2. The van der Waals surface area contributed by atoms with E-state index >= 15 is 0 Å². The van der Waals surface area contributed by atoms with Gasteiger partial charge in [-0.3, -0.25) is 10.2 Å². The highest BCUT2D eigenvalue weighted by Crippen LogP contribution is 2.21. The molecule has 3 rings (SSSR count). The second-order valence-electron chi connectivity index (χ2n) is 6.58. The van der Waals surface area contributed by atoms with E-state index < -0.39 is 0 Å². The molecule has 0 unspecified atom stereocenters. The molecule has 1 heterocycles. The number of hydrogen-bond acceptors (Lipinski definition) is 4. The van der Waals surface area contributed by atoms with Gasteiger partial charge in [0.25, 0.3) is 0 Å². The molecule has 0 atom stereocenters. The molecule has 7 heteroatoms. The molecule has 140 valence electrons. The third-order valence-electron chi connectivity index (χ3n) is 3.78. The summed E-state index contributed by atoms with van der Waals surface area (Å²) < 4.78 is 0. The molecular formula is C20H21ClN4OS. The monoisotopic (exact) mass is 400 g/mol. The van der Waals surface area contributed by atoms with Crippen LogP contribution in [0.1, 0.15) is 25.8 Å². The fourth-order valence-electron chi connectivity index (χ4n) is 2.48. The van der Waals surface area contributed by atoms with Crippen molar-refractivity contribution in [3.8, 4) is 0 Å². The van der Waals surface area contributed by atoms with E-state index in [4.69, 9.17) is 11.6 Å². The zero-order valence-corrected chi connectivity index (χ0v) is 16.8. The second-order valence-corrected chi connectivity index (χ2v) is 7.98. The molecule has 0 bridgehead atoms. The summed E-state index contributed by atoms with van der Waals surface area (Å²) in [5.41, 5.74) is 6.58. The summed E-state index contributed by atoms with van der Waals surface area (Å²) >= 11 is 7.48. The number of carbonyl (C=O) groups excluding carboxylic acids is 1. The van der Waals surface area contributed by atoms with Crippen molar-refractivity contribution < 1.29 is 4.79 Å². The van der Waals surface area contributed by atoms with Crippen molar-refractivity contribution in [1.82, 2.24) is 5.43 Å². The molecule has 2 N–H and O–H groups in total. The number of aliphatic imine (C=N–C) groups is 1. The number of nitrogens with one attached hydrogen (secondary N) is 2. The van der Waals surface area contributed by atoms with Crippen LogP contribution in [-0.4, -0.2) is 22.5 Å². The molecule has 0 saturated carbocycles. The highest BCUT2D eigenvalue weighted by atomic mass is 35.5. The van der Waals surface area contributed by atoms with Crippen LogP contribution in [0.5, 0.6) is 0 Å². The molecule has 0 saturated heterocycles. The van der Waals surface area contributed by atoms with Crippen LogP contribution in [0.2, 0.25) is 5.02 Å². The first kappa shape index (κ1) is 19.5. The van der Waals surface area contributed by atoms with Crippen molar-refractivity contribution in [2.24, 2.45) is 16.0 Å². The Labute approximate surface area is 168 Å². The van der Waals surface area contributed by atoms with Crippen molar-refractivity contribution in [3.63, 3.8) is 0 Å². The van der Waals surface area contributed by atoms with Crippen molar-refractivity contribution >= 4 is 51.5 Å². The van der Waals surface area contributed by atoms with Gasteiger partial charge < -0.3 is 5.32 Å². The lowest BCUT2D eigenvalue weighted by molar-refractivity contribution is -0.116.